The number of aliphatic hydroxyl groups is 1. The van der Waals surface area contributed by atoms with E-state index in [1.807, 2.05) is 25.1 Å². The summed E-state index contributed by atoms with van der Waals surface area (Å²) < 4.78 is 5.39. The Balaban J connectivity index is 1.49. The Labute approximate surface area is 186 Å². The molecular formula is C23H29N5O4. The molecule has 2 saturated heterocycles. The van der Waals surface area contributed by atoms with Gasteiger partial charge in [0.1, 0.15) is 17.7 Å². The van der Waals surface area contributed by atoms with E-state index in [4.69, 9.17) is 4.74 Å². The number of methoxy groups -OCH3 is 1. The van der Waals surface area contributed by atoms with Gasteiger partial charge in [0, 0.05) is 29.9 Å². The number of carbonyl (C=O) groups is 2. The number of nitrogens with one attached hydrogen (secondary N) is 3. The van der Waals surface area contributed by atoms with Gasteiger partial charge in [-0.05, 0) is 43.4 Å². The van der Waals surface area contributed by atoms with Crippen molar-refractivity contribution >= 4 is 22.7 Å². The van der Waals surface area contributed by atoms with E-state index in [1.165, 1.54) is 0 Å². The molecule has 170 valence electrons. The van der Waals surface area contributed by atoms with Crippen LogP contribution in [0.5, 0.6) is 5.75 Å². The molecule has 2 fully saturated rings. The molecule has 1 aromatic carbocycles. The molecule has 2 aromatic rings. The maximum absolute atomic E-state index is 13.4. The third-order valence-corrected chi connectivity index (χ3v) is 6.46. The van der Waals surface area contributed by atoms with Crippen molar-refractivity contribution in [3.8, 4) is 11.8 Å². The quantitative estimate of drug-likeness (QED) is 0.482. The third kappa shape index (κ3) is 4.29. The maximum Gasteiger partial charge on any atom is 0.270 e. The number of aromatic nitrogens is 1. The highest BCUT2D eigenvalue weighted by molar-refractivity contribution is 6.00. The first-order valence-corrected chi connectivity index (χ1v) is 11.0. The number of nitriles is 1. The molecule has 0 aliphatic carbocycles. The molecule has 0 bridgehead atoms. The normalized spacial score (nSPS) is 24.9. The van der Waals surface area contributed by atoms with Crippen molar-refractivity contribution in [2.24, 2.45) is 11.8 Å². The van der Waals surface area contributed by atoms with E-state index in [9.17, 15) is 20.0 Å². The summed E-state index contributed by atoms with van der Waals surface area (Å²) in [6.07, 6.45) is 0.559. The highest BCUT2D eigenvalue weighted by Gasteiger charge is 2.39. The summed E-state index contributed by atoms with van der Waals surface area (Å²) in [5, 5.41) is 27.0. The molecule has 0 radical (unpaired) electrons. The maximum atomic E-state index is 13.4. The fourth-order valence-electron chi connectivity index (χ4n) is 4.82. The Hall–Kier alpha value is -3.09. The molecule has 1 aromatic heterocycles. The van der Waals surface area contributed by atoms with E-state index in [0.717, 1.165) is 10.9 Å². The molecule has 4 N–H and O–H groups in total. The number of carbonyl (C=O) groups excluding carboxylic acids is 2. The van der Waals surface area contributed by atoms with Crippen molar-refractivity contribution in [2.75, 3.05) is 20.2 Å². The second-order valence-corrected chi connectivity index (χ2v) is 8.78. The minimum absolute atomic E-state index is 0.0536. The SMILES string of the molecule is COc1cccc2[nH]c(C(=O)N3CC(C)CC3C(O)NC(C#N)CC3CCNC3=O)cc12. The lowest BCUT2D eigenvalue weighted by Gasteiger charge is -2.30. The summed E-state index contributed by atoms with van der Waals surface area (Å²) in [6, 6.07) is 8.34. The van der Waals surface area contributed by atoms with Crippen molar-refractivity contribution in [1.82, 2.24) is 20.5 Å². The Morgan fingerprint density at radius 2 is 2.28 bits per heavy atom. The smallest absolute Gasteiger partial charge is 0.270 e. The molecule has 2 amide bonds. The molecule has 9 nitrogen and oxygen atoms in total. The second-order valence-electron chi connectivity index (χ2n) is 8.78. The van der Waals surface area contributed by atoms with E-state index < -0.39 is 18.3 Å². The number of amides is 2. The van der Waals surface area contributed by atoms with Crippen LogP contribution in [0.2, 0.25) is 0 Å². The van der Waals surface area contributed by atoms with Crippen LogP contribution in [-0.4, -0.2) is 65.3 Å². The average molecular weight is 440 g/mol. The number of hydrogen-bond donors (Lipinski definition) is 4. The Kier molecular flexibility index (Phi) is 6.35. The zero-order chi connectivity index (χ0) is 22.8. The summed E-state index contributed by atoms with van der Waals surface area (Å²) in [5.41, 5.74) is 1.23. The van der Waals surface area contributed by atoms with Crippen molar-refractivity contribution in [1.29, 1.82) is 5.26 Å². The van der Waals surface area contributed by atoms with Crippen LogP contribution in [0, 0.1) is 23.2 Å². The fraction of sp³-hybridized carbons (Fsp3) is 0.522. The summed E-state index contributed by atoms with van der Waals surface area (Å²) in [5.74, 6) is 0.393. The van der Waals surface area contributed by atoms with E-state index in [1.54, 1.807) is 18.1 Å². The Morgan fingerprint density at radius 1 is 1.47 bits per heavy atom. The number of H-pyrrole nitrogens is 1. The number of aliphatic hydroxyl groups excluding tert-OH is 1. The number of hydrogen-bond acceptors (Lipinski definition) is 6. The van der Waals surface area contributed by atoms with Crippen molar-refractivity contribution in [3.05, 3.63) is 30.0 Å². The molecule has 9 heteroatoms. The highest BCUT2D eigenvalue weighted by Crippen LogP contribution is 2.30. The van der Waals surface area contributed by atoms with E-state index in [-0.39, 0.29) is 23.7 Å². The van der Waals surface area contributed by atoms with Gasteiger partial charge in [-0.3, -0.25) is 14.9 Å². The monoisotopic (exact) mass is 439 g/mol. The molecule has 5 atom stereocenters. The number of fused-ring (bicyclic) bond motifs is 1. The number of nitrogens with zero attached hydrogens (tertiary/aromatic N) is 2. The van der Waals surface area contributed by atoms with Crippen LogP contribution >= 0.6 is 0 Å². The van der Waals surface area contributed by atoms with Crippen LogP contribution < -0.4 is 15.4 Å². The van der Waals surface area contributed by atoms with Gasteiger partial charge in [-0.15, -0.1) is 0 Å². The molecule has 32 heavy (non-hydrogen) atoms. The van der Waals surface area contributed by atoms with Crippen LogP contribution in [0.1, 0.15) is 36.7 Å². The van der Waals surface area contributed by atoms with Gasteiger partial charge >= 0.3 is 0 Å². The lowest BCUT2D eigenvalue weighted by atomic mass is 9.98. The standard InChI is InChI=1S/C23H29N5O4/c1-13-8-19(22(30)26-15(11-24)9-14-6-7-25-21(14)29)28(12-13)23(31)18-10-16-17(27-18)4-3-5-20(16)32-2/h3-5,10,13-15,19,22,26-27,30H,6-9,12H2,1-2H3,(H,25,29). The summed E-state index contributed by atoms with van der Waals surface area (Å²) in [4.78, 5) is 30.0. The van der Waals surface area contributed by atoms with Gasteiger partial charge in [-0.2, -0.15) is 5.26 Å². The Bertz CT molecular complexity index is 1040. The van der Waals surface area contributed by atoms with Crippen molar-refractivity contribution in [3.63, 3.8) is 0 Å². The van der Waals surface area contributed by atoms with E-state index >= 15 is 0 Å². The Morgan fingerprint density at radius 3 is 2.97 bits per heavy atom. The predicted octanol–water partition coefficient (Wildman–Crippen LogP) is 1.35. The lowest BCUT2D eigenvalue weighted by molar-refractivity contribution is -0.122. The minimum Gasteiger partial charge on any atom is -0.496 e. The predicted molar refractivity (Wildman–Crippen MR) is 118 cm³/mol. The summed E-state index contributed by atoms with van der Waals surface area (Å²) in [6.45, 7) is 3.16. The van der Waals surface area contributed by atoms with Crippen LogP contribution in [-0.2, 0) is 4.79 Å². The minimum atomic E-state index is -1.07. The van der Waals surface area contributed by atoms with Crippen LogP contribution in [0.25, 0.3) is 10.9 Å². The molecular weight excluding hydrogens is 410 g/mol. The second kappa shape index (κ2) is 9.18. The van der Waals surface area contributed by atoms with Crippen molar-refractivity contribution < 1.29 is 19.4 Å². The number of benzene rings is 1. The van der Waals surface area contributed by atoms with Gasteiger partial charge in [0.2, 0.25) is 5.91 Å². The number of aromatic amines is 1. The van der Waals surface area contributed by atoms with E-state index in [2.05, 4.69) is 21.7 Å². The molecule has 0 saturated carbocycles. The summed E-state index contributed by atoms with van der Waals surface area (Å²) >= 11 is 0. The molecule has 4 rings (SSSR count). The fourth-order valence-corrected chi connectivity index (χ4v) is 4.82. The third-order valence-electron chi connectivity index (χ3n) is 6.46. The zero-order valence-corrected chi connectivity index (χ0v) is 18.3. The highest BCUT2D eigenvalue weighted by atomic mass is 16.5. The van der Waals surface area contributed by atoms with Gasteiger partial charge in [-0.25, -0.2) is 0 Å². The van der Waals surface area contributed by atoms with Crippen molar-refractivity contribution in [2.45, 2.75) is 44.5 Å². The largest absolute Gasteiger partial charge is 0.496 e. The van der Waals surface area contributed by atoms with Crippen LogP contribution in [0.3, 0.4) is 0 Å². The summed E-state index contributed by atoms with van der Waals surface area (Å²) in [7, 11) is 1.59. The average Bonchev–Trinajstić information content (AvgIpc) is 3.50. The first kappa shape index (κ1) is 22.1. The molecule has 2 aliphatic heterocycles. The molecule has 3 heterocycles. The van der Waals surface area contributed by atoms with E-state index in [0.29, 0.717) is 43.8 Å². The van der Waals surface area contributed by atoms with Gasteiger partial charge < -0.3 is 25.0 Å². The first-order chi connectivity index (χ1) is 15.4. The van der Waals surface area contributed by atoms with Gasteiger partial charge in [0.15, 0.2) is 0 Å². The van der Waals surface area contributed by atoms with Gasteiger partial charge in [0.25, 0.3) is 5.91 Å². The number of likely N-dealkylation sites (tertiary alicyclic amines) is 1. The lowest BCUT2D eigenvalue weighted by Crippen LogP contribution is -2.52. The topological polar surface area (TPSA) is 130 Å². The van der Waals surface area contributed by atoms with Gasteiger partial charge in [-0.1, -0.05) is 13.0 Å². The molecule has 5 unspecified atom stereocenters. The zero-order valence-electron chi connectivity index (χ0n) is 18.3. The van der Waals surface area contributed by atoms with Crippen LogP contribution in [0.4, 0.5) is 0 Å². The number of ether oxygens (including phenoxy) is 1. The molecule has 2 aliphatic rings. The van der Waals surface area contributed by atoms with Gasteiger partial charge in [0.05, 0.1) is 25.3 Å². The number of rotatable bonds is 7. The van der Waals surface area contributed by atoms with Crippen LogP contribution in [0.15, 0.2) is 24.3 Å². The first-order valence-electron chi connectivity index (χ1n) is 11.0. The molecule has 0 spiro atoms.